The molecule has 136 valence electrons. The third-order valence-corrected chi connectivity index (χ3v) is 3.91. The molecule has 0 aliphatic carbocycles. The lowest BCUT2D eigenvalue weighted by molar-refractivity contribution is -0.139. The molecule has 2 nitrogen and oxygen atoms in total. The first-order chi connectivity index (χ1) is 11.5. The molecule has 0 spiro atoms. The highest BCUT2D eigenvalue weighted by Crippen LogP contribution is 2.39. The first-order valence-corrected chi connectivity index (χ1v) is 8.06. The Kier molecular flexibility index (Phi) is 5.93. The van der Waals surface area contributed by atoms with Crippen molar-refractivity contribution >= 4 is 31.9 Å². The van der Waals surface area contributed by atoms with Gasteiger partial charge >= 0.3 is 12.4 Å². The van der Waals surface area contributed by atoms with Gasteiger partial charge in [0.2, 0.25) is 6.79 Å². The van der Waals surface area contributed by atoms with E-state index in [-0.39, 0.29) is 8.95 Å². The Morgan fingerprint density at radius 3 is 1.36 bits per heavy atom. The molecule has 0 aromatic heterocycles. The van der Waals surface area contributed by atoms with E-state index in [4.69, 9.17) is 9.47 Å². The van der Waals surface area contributed by atoms with Gasteiger partial charge in [0.25, 0.3) is 0 Å². The second-order valence-electron chi connectivity index (χ2n) is 4.68. The maximum absolute atomic E-state index is 12.9. The molecule has 0 aliphatic heterocycles. The second-order valence-corrected chi connectivity index (χ2v) is 6.51. The molecule has 0 bridgehead atoms. The molecule has 2 aromatic rings. The lowest BCUT2D eigenvalue weighted by atomic mass is 10.2. The Bertz CT molecular complexity index is 695. The van der Waals surface area contributed by atoms with Crippen molar-refractivity contribution in [2.24, 2.45) is 0 Å². The van der Waals surface area contributed by atoms with E-state index in [2.05, 4.69) is 31.9 Å². The zero-order valence-corrected chi connectivity index (χ0v) is 15.2. The summed E-state index contributed by atoms with van der Waals surface area (Å²) in [5, 5.41) is 0. The smallest absolute Gasteiger partial charge is 0.420 e. The molecular weight excluding hydrogens is 486 g/mol. The van der Waals surface area contributed by atoms with Gasteiger partial charge in [-0.15, -0.1) is 0 Å². The van der Waals surface area contributed by atoms with Crippen LogP contribution in [0, 0.1) is 0 Å². The maximum atomic E-state index is 12.9. The summed E-state index contributed by atoms with van der Waals surface area (Å²) < 4.78 is 87.8. The monoisotopic (exact) mass is 492 g/mol. The molecule has 10 heteroatoms. The fourth-order valence-electron chi connectivity index (χ4n) is 1.86. The molecule has 2 aromatic carbocycles. The van der Waals surface area contributed by atoms with Crippen LogP contribution >= 0.6 is 31.9 Å². The number of ether oxygens (including phenoxy) is 2. The molecule has 0 atom stereocenters. The highest BCUT2D eigenvalue weighted by molar-refractivity contribution is 9.10. The topological polar surface area (TPSA) is 18.5 Å². The molecule has 0 saturated heterocycles. The summed E-state index contributed by atoms with van der Waals surface area (Å²) in [4.78, 5) is 0. The van der Waals surface area contributed by atoms with E-state index in [9.17, 15) is 26.3 Å². The van der Waals surface area contributed by atoms with Gasteiger partial charge in [0.05, 0.1) is 11.1 Å². The lowest BCUT2D eigenvalue weighted by Crippen LogP contribution is -2.14. The molecule has 25 heavy (non-hydrogen) atoms. The van der Waals surface area contributed by atoms with Gasteiger partial charge in [-0.25, -0.2) is 0 Å². The zero-order chi connectivity index (χ0) is 18.8. The van der Waals surface area contributed by atoms with Gasteiger partial charge in [-0.3, -0.25) is 0 Å². The van der Waals surface area contributed by atoms with Crippen molar-refractivity contribution in [1.82, 2.24) is 0 Å². The van der Waals surface area contributed by atoms with Crippen LogP contribution in [0.3, 0.4) is 0 Å². The van der Waals surface area contributed by atoms with Crippen LogP contribution in [-0.2, 0) is 12.4 Å². The van der Waals surface area contributed by atoms with E-state index >= 15 is 0 Å². The Morgan fingerprint density at radius 1 is 0.680 bits per heavy atom. The average Bonchev–Trinajstić information content (AvgIpc) is 2.48. The molecular formula is C15H8Br2F6O2. The van der Waals surface area contributed by atoms with Gasteiger partial charge in [0, 0.05) is 8.95 Å². The number of rotatable bonds is 4. The van der Waals surface area contributed by atoms with E-state index in [1.165, 1.54) is 12.1 Å². The van der Waals surface area contributed by atoms with Gasteiger partial charge in [-0.1, -0.05) is 31.9 Å². The standard InChI is InChI=1S/C15H8Br2F6O2/c16-8-1-3-12(10(5-8)14(18,19)20)24-7-25-13-4-2-9(17)6-11(13)15(21,22)23/h1-6H,7H2. The summed E-state index contributed by atoms with van der Waals surface area (Å²) in [7, 11) is 0. The van der Waals surface area contributed by atoms with E-state index in [1.807, 2.05) is 0 Å². The lowest BCUT2D eigenvalue weighted by Gasteiger charge is -2.17. The molecule has 0 radical (unpaired) electrons. The van der Waals surface area contributed by atoms with E-state index in [0.717, 1.165) is 24.3 Å². The van der Waals surface area contributed by atoms with E-state index in [0.29, 0.717) is 0 Å². The van der Waals surface area contributed by atoms with Crippen molar-refractivity contribution < 1.29 is 35.8 Å². The van der Waals surface area contributed by atoms with Crippen molar-refractivity contribution in [3.63, 3.8) is 0 Å². The quantitative estimate of drug-likeness (QED) is 0.350. The minimum atomic E-state index is -4.69. The Balaban J connectivity index is 2.18. The molecule has 0 fully saturated rings. The number of benzene rings is 2. The minimum absolute atomic E-state index is 0.181. The van der Waals surface area contributed by atoms with E-state index in [1.54, 1.807) is 0 Å². The fraction of sp³-hybridized carbons (Fsp3) is 0.200. The van der Waals surface area contributed by atoms with Crippen molar-refractivity contribution in [3.8, 4) is 11.5 Å². The van der Waals surface area contributed by atoms with Crippen LogP contribution < -0.4 is 9.47 Å². The minimum Gasteiger partial charge on any atom is -0.457 e. The summed E-state index contributed by atoms with van der Waals surface area (Å²) in [5.74, 6) is -1.11. The largest absolute Gasteiger partial charge is 0.457 e. The summed E-state index contributed by atoms with van der Waals surface area (Å²) in [6.45, 7) is -0.824. The number of hydrogen-bond acceptors (Lipinski definition) is 2. The molecule has 0 saturated carbocycles. The Labute approximate surface area is 155 Å². The Morgan fingerprint density at radius 2 is 1.04 bits per heavy atom. The van der Waals surface area contributed by atoms with E-state index < -0.39 is 41.8 Å². The van der Waals surface area contributed by atoms with Gasteiger partial charge < -0.3 is 9.47 Å². The van der Waals surface area contributed by atoms with Crippen LogP contribution in [0.25, 0.3) is 0 Å². The van der Waals surface area contributed by atoms with Crippen molar-refractivity contribution in [2.75, 3.05) is 6.79 Å². The van der Waals surface area contributed by atoms with Crippen LogP contribution in [-0.4, -0.2) is 6.79 Å². The van der Waals surface area contributed by atoms with Crippen molar-refractivity contribution in [2.45, 2.75) is 12.4 Å². The highest BCUT2D eigenvalue weighted by atomic mass is 79.9. The SMILES string of the molecule is FC(F)(F)c1cc(Br)ccc1OCOc1ccc(Br)cc1C(F)(F)F. The zero-order valence-electron chi connectivity index (χ0n) is 12.0. The molecule has 0 aliphatic rings. The molecule has 2 rings (SSSR count). The summed E-state index contributed by atoms with van der Waals surface area (Å²) in [6.07, 6.45) is -9.37. The fourth-order valence-corrected chi connectivity index (χ4v) is 2.58. The van der Waals surface area contributed by atoms with Gasteiger partial charge in [-0.2, -0.15) is 26.3 Å². The van der Waals surface area contributed by atoms with Crippen LogP contribution in [0.4, 0.5) is 26.3 Å². The maximum Gasteiger partial charge on any atom is 0.420 e. The Hall–Kier alpha value is -1.42. The third kappa shape index (κ3) is 5.27. The van der Waals surface area contributed by atoms with Gasteiger partial charge in [0.15, 0.2) is 0 Å². The van der Waals surface area contributed by atoms with Crippen LogP contribution in [0.15, 0.2) is 45.3 Å². The second kappa shape index (κ2) is 7.45. The summed E-state index contributed by atoms with van der Waals surface area (Å²) in [5.41, 5.74) is -2.14. The highest BCUT2D eigenvalue weighted by Gasteiger charge is 2.36. The predicted molar refractivity (Wildman–Crippen MR) is 84.4 cm³/mol. The first kappa shape index (κ1) is 19.9. The first-order valence-electron chi connectivity index (χ1n) is 6.47. The van der Waals surface area contributed by atoms with Crippen molar-refractivity contribution in [3.05, 3.63) is 56.5 Å². The summed E-state index contributed by atoms with van der Waals surface area (Å²) >= 11 is 5.83. The summed E-state index contributed by atoms with van der Waals surface area (Å²) in [6, 6.07) is 6.31. The molecule has 0 N–H and O–H groups in total. The van der Waals surface area contributed by atoms with Crippen LogP contribution in [0.2, 0.25) is 0 Å². The van der Waals surface area contributed by atoms with Gasteiger partial charge in [-0.05, 0) is 36.4 Å². The normalized spacial score (nSPS) is 12.2. The number of alkyl halides is 6. The van der Waals surface area contributed by atoms with Crippen LogP contribution in [0.5, 0.6) is 11.5 Å². The molecule has 0 heterocycles. The van der Waals surface area contributed by atoms with Crippen LogP contribution in [0.1, 0.15) is 11.1 Å². The molecule has 0 amide bonds. The van der Waals surface area contributed by atoms with Gasteiger partial charge in [0.1, 0.15) is 11.5 Å². The third-order valence-electron chi connectivity index (χ3n) is 2.92. The number of hydrogen-bond donors (Lipinski definition) is 0. The average molecular weight is 494 g/mol. The molecule has 0 unspecified atom stereocenters. The predicted octanol–water partition coefficient (Wildman–Crippen LogP) is 6.66. The van der Waals surface area contributed by atoms with Crippen molar-refractivity contribution in [1.29, 1.82) is 0 Å². The number of halogens is 8.